The minimum Gasteiger partial charge on any atom is -0.352 e. The zero-order chi connectivity index (χ0) is 17.1. The van der Waals surface area contributed by atoms with Crippen molar-refractivity contribution in [2.45, 2.75) is 38.6 Å². The molecule has 1 heterocycles. The molecule has 1 saturated carbocycles. The molecule has 0 bridgehead atoms. The number of rotatable bonds is 5. The minimum absolute atomic E-state index is 0.0954. The Labute approximate surface area is 140 Å². The molecule has 3 amide bonds. The quantitative estimate of drug-likeness (QED) is 0.839. The summed E-state index contributed by atoms with van der Waals surface area (Å²) in [5.74, 6) is -1.12. The molecule has 2 aliphatic rings. The van der Waals surface area contributed by atoms with Crippen LogP contribution in [-0.2, 0) is 20.9 Å². The number of hydrogen-bond donors (Lipinski definition) is 1. The third kappa shape index (κ3) is 3.47. The van der Waals surface area contributed by atoms with Crippen molar-refractivity contribution in [1.29, 1.82) is 0 Å². The van der Waals surface area contributed by atoms with Gasteiger partial charge in [-0.15, -0.1) is 0 Å². The summed E-state index contributed by atoms with van der Waals surface area (Å²) in [6, 6.07) is 5.89. The van der Waals surface area contributed by atoms with Crippen LogP contribution in [0.3, 0.4) is 0 Å². The Hall–Kier alpha value is -2.24. The van der Waals surface area contributed by atoms with E-state index < -0.39 is 0 Å². The molecule has 0 aromatic heterocycles. The maximum absolute atomic E-state index is 12.8. The Morgan fingerprint density at radius 3 is 2.25 bits per heavy atom. The van der Waals surface area contributed by atoms with Crippen molar-refractivity contribution in [3.05, 3.63) is 35.6 Å². The first kappa shape index (κ1) is 16.6. The summed E-state index contributed by atoms with van der Waals surface area (Å²) in [7, 11) is 0. The van der Waals surface area contributed by atoms with Crippen LogP contribution in [0, 0.1) is 17.7 Å². The van der Waals surface area contributed by atoms with Gasteiger partial charge in [0.2, 0.25) is 17.7 Å². The first-order chi connectivity index (χ1) is 11.6. The van der Waals surface area contributed by atoms with Gasteiger partial charge in [-0.25, -0.2) is 4.39 Å². The summed E-state index contributed by atoms with van der Waals surface area (Å²) < 4.78 is 12.8. The van der Waals surface area contributed by atoms with Gasteiger partial charge in [-0.2, -0.15) is 0 Å². The second-order valence-corrected chi connectivity index (χ2v) is 6.48. The molecule has 2 fully saturated rings. The molecule has 0 radical (unpaired) electrons. The van der Waals surface area contributed by atoms with E-state index in [-0.39, 0.29) is 48.3 Å². The van der Waals surface area contributed by atoms with Gasteiger partial charge in [0.15, 0.2) is 0 Å². The summed E-state index contributed by atoms with van der Waals surface area (Å²) in [6.07, 6.45) is 3.64. The highest BCUT2D eigenvalue weighted by molar-refractivity contribution is 6.05. The van der Waals surface area contributed by atoms with Crippen LogP contribution in [0.2, 0.25) is 0 Å². The van der Waals surface area contributed by atoms with Gasteiger partial charge in [-0.3, -0.25) is 19.3 Å². The van der Waals surface area contributed by atoms with E-state index in [9.17, 15) is 18.8 Å². The highest BCUT2D eigenvalue weighted by atomic mass is 19.1. The van der Waals surface area contributed by atoms with Gasteiger partial charge >= 0.3 is 0 Å². The molecule has 1 N–H and O–H groups in total. The third-order valence-electron chi connectivity index (χ3n) is 4.90. The van der Waals surface area contributed by atoms with E-state index >= 15 is 0 Å². The average molecular weight is 332 g/mol. The Morgan fingerprint density at radius 2 is 1.67 bits per heavy atom. The first-order valence-electron chi connectivity index (χ1n) is 8.42. The molecule has 1 saturated heterocycles. The van der Waals surface area contributed by atoms with Crippen molar-refractivity contribution in [2.75, 3.05) is 6.54 Å². The lowest BCUT2D eigenvalue weighted by Crippen LogP contribution is -2.35. The lowest BCUT2D eigenvalue weighted by atomic mass is 9.81. The van der Waals surface area contributed by atoms with Crippen LogP contribution in [0.25, 0.3) is 0 Å². The molecule has 2 atom stereocenters. The molecule has 24 heavy (non-hydrogen) atoms. The van der Waals surface area contributed by atoms with Gasteiger partial charge in [0, 0.05) is 19.5 Å². The van der Waals surface area contributed by atoms with E-state index in [1.165, 1.54) is 17.0 Å². The highest BCUT2D eigenvalue weighted by Gasteiger charge is 2.47. The standard InChI is InChI=1S/C18H21FN2O3/c19-13-7-5-12(6-8-13)11-20-16(22)9-10-21-17(23)14-3-1-2-4-15(14)18(21)24/h5-8,14-15H,1-4,9-11H2,(H,20,22)/t14-,15+. The van der Waals surface area contributed by atoms with Crippen LogP contribution in [0.4, 0.5) is 4.39 Å². The molecule has 128 valence electrons. The van der Waals surface area contributed by atoms with Crippen LogP contribution >= 0.6 is 0 Å². The van der Waals surface area contributed by atoms with Gasteiger partial charge in [0.05, 0.1) is 11.8 Å². The number of likely N-dealkylation sites (tertiary alicyclic amines) is 1. The van der Waals surface area contributed by atoms with Gasteiger partial charge in [0.1, 0.15) is 5.82 Å². The summed E-state index contributed by atoms with van der Waals surface area (Å²) >= 11 is 0. The number of halogens is 1. The molecule has 0 spiro atoms. The monoisotopic (exact) mass is 332 g/mol. The van der Waals surface area contributed by atoms with E-state index in [0.717, 1.165) is 31.2 Å². The first-order valence-corrected chi connectivity index (χ1v) is 8.42. The number of benzene rings is 1. The van der Waals surface area contributed by atoms with Crippen LogP contribution in [0.1, 0.15) is 37.7 Å². The molecular weight excluding hydrogens is 311 g/mol. The SMILES string of the molecule is O=C(CCN1C(=O)[C@H]2CCCC[C@H]2C1=O)NCc1ccc(F)cc1. The zero-order valence-electron chi connectivity index (χ0n) is 13.5. The number of nitrogens with one attached hydrogen (secondary N) is 1. The van der Waals surface area contributed by atoms with Crippen LogP contribution < -0.4 is 5.32 Å². The molecule has 6 heteroatoms. The third-order valence-corrected chi connectivity index (χ3v) is 4.90. The molecular formula is C18H21FN2O3. The Balaban J connectivity index is 1.48. The smallest absolute Gasteiger partial charge is 0.233 e. The molecule has 1 aliphatic carbocycles. The largest absolute Gasteiger partial charge is 0.352 e. The number of hydrogen-bond acceptors (Lipinski definition) is 3. The van der Waals surface area contributed by atoms with Gasteiger partial charge in [-0.1, -0.05) is 25.0 Å². The normalized spacial score (nSPS) is 23.3. The predicted molar refractivity (Wildman–Crippen MR) is 85.0 cm³/mol. The van der Waals surface area contributed by atoms with E-state index in [2.05, 4.69) is 5.32 Å². The predicted octanol–water partition coefficient (Wildman–Crippen LogP) is 2.01. The second kappa shape index (κ2) is 7.11. The molecule has 1 aromatic rings. The van der Waals surface area contributed by atoms with Crippen LogP contribution in [0.5, 0.6) is 0 Å². The second-order valence-electron chi connectivity index (χ2n) is 6.48. The number of nitrogens with zero attached hydrogens (tertiary/aromatic N) is 1. The highest BCUT2D eigenvalue weighted by Crippen LogP contribution is 2.37. The number of carbonyl (C=O) groups is 3. The van der Waals surface area contributed by atoms with Gasteiger partial charge in [-0.05, 0) is 30.5 Å². The van der Waals surface area contributed by atoms with Crippen molar-refractivity contribution in [2.24, 2.45) is 11.8 Å². The van der Waals surface area contributed by atoms with Gasteiger partial charge in [0.25, 0.3) is 0 Å². The maximum Gasteiger partial charge on any atom is 0.233 e. The topological polar surface area (TPSA) is 66.5 Å². The fraction of sp³-hybridized carbons (Fsp3) is 0.500. The zero-order valence-corrected chi connectivity index (χ0v) is 13.5. The van der Waals surface area contributed by atoms with Crippen LogP contribution in [0.15, 0.2) is 24.3 Å². The van der Waals surface area contributed by atoms with Crippen molar-refractivity contribution < 1.29 is 18.8 Å². The van der Waals surface area contributed by atoms with E-state index in [0.29, 0.717) is 6.54 Å². The fourth-order valence-electron chi connectivity index (χ4n) is 3.56. The summed E-state index contributed by atoms with van der Waals surface area (Å²) in [6.45, 7) is 0.437. The summed E-state index contributed by atoms with van der Waals surface area (Å²) in [4.78, 5) is 37.8. The van der Waals surface area contributed by atoms with Gasteiger partial charge < -0.3 is 5.32 Å². The van der Waals surface area contributed by atoms with Crippen molar-refractivity contribution in [3.8, 4) is 0 Å². The lowest BCUT2D eigenvalue weighted by molar-refractivity contribution is -0.140. The summed E-state index contributed by atoms with van der Waals surface area (Å²) in [5.41, 5.74) is 0.795. The number of imide groups is 1. The van der Waals surface area contributed by atoms with E-state index in [4.69, 9.17) is 0 Å². The van der Waals surface area contributed by atoms with Crippen molar-refractivity contribution >= 4 is 17.7 Å². The van der Waals surface area contributed by atoms with Crippen molar-refractivity contribution in [1.82, 2.24) is 10.2 Å². The molecule has 3 rings (SSSR count). The Morgan fingerprint density at radius 1 is 1.08 bits per heavy atom. The van der Waals surface area contributed by atoms with E-state index in [1.54, 1.807) is 12.1 Å². The minimum atomic E-state index is -0.322. The average Bonchev–Trinajstić information content (AvgIpc) is 2.84. The number of carbonyl (C=O) groups excluding carboxylic acids is 3. The molecule has 5 nitrogen and oxygen atoms in total. The molecule has 1 aliphatic heterocycles. The summed E-state index contributed by atoms with van der Waals surface area (Å²) in [5, 5.41) is 2.72. The number of amides is 3. The molecule has 1 aromatic carbocycles. The van der Waals surface area contributed by atoms with Crippen molar-refractivity contribution in [3.63, 3.8) is 0 Å². The van der Waals surface area contributed by atoms with E-state index in [1.807, 2.05) is 0 Å². The molecule has 0 unspecified atom stereocenters. The lowest BCUT2D eigenvalue weighted by Gasteiger charge is -2.19. The Bertz CT molecular complexity index is 620. The Kier molecular flexibility index (Phi) is 4.92. The van der Waals surface area contributed by atoms with Crippen LogP contribution in [-0.4, -0.2) is 29.2 Å². The fourth-order valence-corrected chi connectivity index (χ4v) is 3.56. The number of fused-ring (bicyclic) bond motifs is 1. The maximum atomic E-state index is 12.8.